The topological polar surface area (TPSA) is 90.1 Å². The van der Waals surface area contributed by atoms with Crippen molar-refractivity contribution in [3.63, 3.8) is 0 Å². The van der Waals surface area contributed by atoms with Gasteiger partial charge in [0, 0.05) is 34.9 Å². The van der Waals surface area contributed by atoms with Crippen molar-refractivity contribution in [3.8, 4) is 16.9 Å². The number of rotatable bonds is 6. The Kier molecular flexibility index (Phi) is 5.45. The minimum absolute atomic E-state index is 0.194. The summed E-state index contributed by atoms with van der Waals surface area (Å²) in [5, 5.41) is 15.3. The van der Waals surface area contributed by atoms with Gasteiger partial charge in [-0.25, -0.2) is 4.52 Å². The van der Waals surface area contributed by atoms with Crippen molar-refractivity contribution in [2.24, 2.45) is 0 Å². The summed E-state index contributed by atoms with van der Waals surface area (Å²) in [6.45, 7) is 2.55. The number of aromatic amines is 1. The number of nitrogens with zero attached hydrogens (tertiary/aromatic N) is 5. The van der Waals surface area contributed by atoms with Crippen molar-refractivity contribution in [1.82, 2.24) is 29.4 Å². The Morgan fingerprint density at radius 1 is 1.08 bits per heavy atom. The van der Waals surface area contributed by atoms with E-state index < -0.39 is 0 Å². The maximum Gasteiger partial charge on any atom is 0.280 e. The number of ether oxygens (including phenoxy) is 1. The van der Waals surface area contributed by atoms with Gasteiger partial charge in [-0.2, -0.15) is 5.10 Å². The van der Waals surface area contributed by atoms with E-state index in [0.29, 0.717) is 34.7 Å². The summed E-state index contributed by atoms with van der Waals surface area (Å²) in [4.78, 5) is 16.6. The highest BCUT2D eigenvalue weighted by molar-refractivity contribution is 6.30. The lowest BCUT2D eigenvalue weighted by atomic mass is 10.0. The van der Waals surface area contributed by atoms with Crippen LogP contribution in [0.5, 0.6) is 5.75 Å². The Hall–Kier alpha value is -4.17. The first-order valence-corrected chi connectivity index (χ1v) is 12.1. The number of aryl methyl sites for hydroxylation is 3. The minimum atomic E-state index is -0.194. The summed E-state index contributed by atoms with van der Waals surface area (Å²) < 4.78 is 8.76. The van der Waals surface area contributed by atoms with E-state index in [9.17, 15) is 4.79 Å². The fourth-order valence-corrected chi connectivity index (χ4v) is 4.82. The van der Waals surface area contributed by atoms with Crippen LogP contribution in [0.2, 0.25) is 5.02 Å². The Morgan fingerprint density at radius 2 is 1.92 bits per heavy atom. The zero-order chi connectivity index (χ0) is 24.8. The minimum Gasteiger partial charge on any atom is -0.497 e. The fourth-order valence-electron chi connectivity index (χ4n) is 4.70. The van der Waals surface area contributed by atoms with Gasteiger partial charge in [-0.3, -0.25) is 4.79 Å². The zero-order valence-electron chi connectivity index (χ0n) is 19.8. The third-order valence-corrected chi connectivity index (χ3v) is 6.84. The van der Waals surface area contributed by atoms with Crippen molar-refractivity contribution >= 4 is 39.2 Å². The van der Waals surface area contributed by atoms with Gasteiger partial charge in [-0.1, -0.05) is 30.7 Å². The van der Waals surface area contributed by atoms with Gasteiger partial charge in [0.2, 0.25) is 0 Å². The quantitative estimate of drug-likeness (QED) is 0.347. The molecule has 0 spiro atoms. The van der Waals surface area contributed by atoms with E-state index in [1.165, 1.54) is 0 Å². The van der Waals surface area contributed by atoms with Gasteiger partial charge in [0.1, 0.15) is 11.3 Å². The third-order valence-electron chi connectivity index (χ3n) is 6.59. The van der Waals surface area contributed by atoms with Crippen LogP contribution in [0.4, 0.5) is 0 Å². The number of H-pyrrole nitrogens is 1. The van der Waals surface area contributed by atoms with Crippen LogP contribution < -0.4 is 10.3 Å². The van der Waals surface area contributed by atoms with Gasteiger partial charge in [-0.15, -0.1) is 10.2 Å². The summed E-state index contributed by atoms with van der Waals surface area (Å²) in [7, 11) is 1.65. The SMILES string of the molecule is CCc1nn2c(nnc3c(=O)n(CCc4c[nH]c5ccc(OC)cc45)ccc32)c1-c1ccc(Cl)cc1. The molecule has 36 heavy (non-hydrogen) atoms. The second kappa shape index (κ2) is 8.80. The zero-order valence-corrected chi connectivity index (χ0v) is 20.6. The largest absolute Gasteiger partial charge is 0.497 e. The number of benzene rings is 2. The average molecular weight is 499 g/mol. The van der Waals surface area contributed by atoms with Crippen LogP contribution in [0, 0.1) is 0 Å². The predicted octanol–water partition coefficient (Wildman–Crippen LogP) is 5.05. The van der Waals surface area contributed by atoms with Gasteiger partial charge in [0.25, 0.3) is 5.56 Å². The first-order valence-electron chi connectivity index (χ1n) is 11.7. The normalized spacial score (nSPS) is 11.6. The van der Waals surface area contributed by atoms with E-state index in [2.05, 4.69) is 15.2 Å². The van der Waals surface area contributed by atoms with Crippen LogP contribution >= 0.6 is 11.6 Å². The monoisotopic (exact) mass is 498 g/mol. The van der Waals surface area contributed by atoms with Crippen LogP contribution in [0.15, 0.2) is 65.7 Å². The first-order chi connectivity index (χ1) is 17.6. The van der Waals surface area contributed by atoms with Gasteiger partial charge < -0.3 is 14.3 Å². The molecule has 4 heterocycles. The summed E-state index contributed by atoms with van der Waals surface area (Å²) in [5.41, 5.74) is 6.25. The predicted molar refractivity (Wildman–Crippen MR) is 141 cm³/mol. The van der Waals surface area contributed by atoms with Crippen molar-refractivity contribution in [2.45, 2.75) is 26.3 Å². The van der Waals surface area contributed by atoms with Gasteiger partial charge in [0.05, 0.1) is 18.4 Å². The van der Waals surface area contributed by atoms with Gasteiger partial charge in [0.15, 0.2) is 11.2 Å². The molecule has 0 radical (unpaired) electrons. The number of methoxy groups -OCH3 is 1. The van der Waals surface area contributed by atoms with Crippen LogP contribution in [0.1, 0.15) is 18.2 Å². The lowest BCUT2D eigenvalue weighted by molar-refractivity contribution is 0.415. The molecule has 0 amide bonds. The molecule has 6 rings (SSSR count). The van der Waals surface area contributed by atoms with Crippen LogP contribution in [-0.4, -0.2) is 36.5 Å². The molecule has 0 aliphatic heterocycles. The molecule has 0 saturated heterocycles. The highest BCUT2D eigenvalue weighted by Gasteiger charge is 2.19. The Labute approximate surface area is 211 Å². The van der Waals surface area contributed by atoms with Crippen LogP contribution in [0.3, 0.4) is 0 Å². The molecule has 0 aliphatic rings. The molecule has 9 heteroatoms. The highest BCUT2D eigenvalue weighted by Crippen LogP contribution is 2.30. The molecular weight excluding hydrogens is 476 g/mol. The Morgan fingerprint density at radius 3 is 2.69 bits per heavy atom. The van der Waals surface area contributed by atoms with Crippen LogP contribution in [-0.2, 0) is 19.4 Å². The molecule has 0 aliphatic carbocycles. The lowest BCUT2D eigenvalue weighted by Gasteiger charge is -2.08. The molecule has 0 unspecified atom stereocenters. The molecule has 6 aromatic rings. The second-order valence-corrected chi connectivity index (χ2v) is 9.08. The van der Waals surface area contributed by atoms with E-state index in [0.717, 1.165) is 45.5 Å². The summed E-state index contributed by atoms with van der Waals surface area (Å²) in [6.07, 6.45) is 5.18. The molecule has 0 fully saturated rings. The van der Waals surface area contributed by atoms with Gasteiger partial charge in [-0.05, 0) is 60.4 Å². The standard InChI is InChI=1S/C27H23ClN6O2/c1-3-21-24(16-4-6-18(28)7-5-16)26-31-30-25-23(34(26)32-21)11-13-33(27(25)35)12-10-17-15-29-22-9-8-19(36-2)14-20(17)22/h4-9,11,13-15,29H,3,10,12H2,1-2H3. The molecule has 0 saturated carbocycles. The highest BCUT2D eigenvalue weighted by atomic mass is 35.5. The van der Waals surface area contributed by atoms with E-state index in [1.807, 2.05) is 61.7 Å². The molecule has 2 aromatic carbocycles. The van der Waals surface area contributed by atoms with E-state index in [1.54, 1.807) is 22.4 Å². The number of hydrogen-bond acceptors (Lipinski definition) is 5. The smallest absolute Gasteiger partial charge is 0.280 e. The molecular formula is C27H23ClN6O2. The van der Waals surface area contributed by atoms with Crippen LogP contribution in [0.25, 0.3) is 38.7 Å². The van der Waals surface area contributed by atoms with Crippen molar-refractivity contribution in [2.75, 3.05) is 7.11 Å². The van der Waals surface area contributed by atoms with Crippen molar-refractivity contribution < 1.29 is 4.74 Å². The number of aromatic nitrogens is 6. The number of halogens is 1. The number of fused-ring (bicyclic) bond motifs is 4. The summed E-state index contributed by atoms with van der Waals surface area (Å²) in [6, 6.07) is 15.4. The fraction of sp³-hybridized carbons (Fsp3) is 0.185. The molecule has 1 N–H and O–H groups in total. The molecule has 8 nitrogen and oxygen atoms in total. The first kappa shape index (κ1) is 22.3. The molecule has 180 valence electrons. The third kappa shape index (κ3) is 3.61. The average Bonchev–Trinajstić information content (AvgIpc) is 3.49. The van der Waals surface area contributed by atoms with Crippen molar-refractivity contribution in [3.05, 3.63) is 87.6 Å². The van der Waals surface area contributed by atoms with E-state index in [-0.39, 0.29) is 5.56 Å². The van der Waals surface area contributed by atoms with E-state index >= 15 is 0 Å². The van der Waals surface area contributed by atoms with E-state index in [4.69, 9.17) is 21.4 Å². The Balaban J connectivity index is 1.39. The molecule has 0 atom stereocenters. The summed E-state index contributed by atoms with van der Waals surface area (Å²) >= 11 is 6.08. The van der Waals surface area contributed by atoms with Gasteiger partial charge >= 0.3 is 0 Å². The summed E-state index contributed by atoms with van der Waals surface area (Å²) in [5.74, 6) is 0.800. The molecule has 0 bridgehead atoms. The molecule has 4 aromatic heterocycles. The lowest BCUT2D eigenvalue weighted by Crippen LogP contribution is -2.22. The number of nitrogens with one attached hydrogen (secondary N) is 1. The number of hydrogen-bond donors (Lipinski definition) is 1. The maximum atomic E-state index is 13.3. The Bertz CT molecular complexity index is 1800. The van der Waals surface area contributed by atoms with Crippen molar-refractivity contribution in [1.29, 1.82) is 0 Å². The maximum absolute atomic E-state index is 13.3. The second-order valence-electron chi connectivity index (χ2n) is 8.64. The number of pyridine rings is 1.